The molecule has 2 rings (SSSR count). The highest BCUT2D eigenvalue weighted by molar-refractivity contribution is 6.37. The molecule has 4 nitrogen and oxygen atoms in total. The minimum Gasteiger partial charge on any atom is -0.334 e. The van der Waals surface area contributed by atoms with E-state index in [0.717, 1.165) is 12.1 Å². The van der Waals surface area contributed by atoms with Gasteiger partial charge in [-0.1, -0.05) is 29.3 Å². The number of hydrazine groups is 1. The van der Waals surface area contributed by atoms with Crippen LogP contribution in [0.1, 0.15) is 0 Å². The first-order valence-corrected chi connectivity index (χ1v) is 5.82. The third kappa shape index (κ3) is 2.86. The highest BCUT2D eigenvalue weighted by Crippen LogP contribution is 2.31. The van der Waals surface area contributed by atoms with Gasteiger partial charge in [0.15, 0.2) is 11.6 Å². The molecule has 0 saturated heterocycles. The summed E-state index contributed by atoms with van der Waals surface area (Å²) in [5.74, 6) is 3.83. The van der Waals surface area contributed by atoms with Crippen LogP contribution in [0.4, 0.5) is 26.1 Å². The smallest absolute Gasteiger partial charge is 0.161 e. The number of nitrogens with zero attached hydrogens (tertiary/aromatic N) is 1. The number of nitrogens with one attached hydrogen (secondary N) is 2. The molecule has 0 bridgehead atoms. The van der Waals surface area contributed by atoms with Crippen LogP contribution in [0.15, 0.2) is 24.3 Å². The lowest BCUT2D eigenvalue weighted by Gasteiger charge is -2.11. The molecule has 8 heteroatoms. The molecule has 0 unspecified atom stereocenters. The zero-order valence-electron chi connectivity index (χ0n) is 9.35. The quantitative estimate of drug-likeness (QED) is 0.598. The molecule has 4 N–H and O–H groups in total. The number of hydrogen-bond acceptors (Lipinski definition) is 4. The number of nitrogens with two attached hydrogens (primary N) is 1. The fraction of sp³-hybridized carbons (Fsp3) is 0. The second-order valence-corrected chi connectivity index (χ2v) is 4.33. The Bertz CT molecular complexity index is 602. The molecule has 0 amide bonds. The maximum Gasteiger partial charge on any atom is 0.161 e. The highest BCUT2D eigenvalue weighted by atomic mass is 35.5. The summed E-state index contributed by atoms with van der Waals surface area (Å²) >= 11 is 11.7. The molecular weight excluding hydrogens is 297 g/mol. The van der Waals surface area contributed by atoms with Gasteiger partial charge in [-0.15, -0.1) is 0 Å². The Morgan fingerprint density at radius 2 is 1.63 bits per heavy atom. The van der Waals surface area contributed by atoms with Crippen molar-refractivity contribution in [1.82, 2.24) is 4.98 Å². The highest BCUT2D eigenvalue weighted by Gasteiger charge is 2.13. The van der Waals surface area contributed by atoms with Crippen molar-refractivity contribution in [3.63, 3.8) is 0 Å². The largest absolute Gasteiger partial charge is 0.334 e. The van der Waals surface area contributed by atoms with E-state index in [-0.39, 0.29) is 27.4 Å². The van der Waals surface area contributed by atoms with E-state index < -0.39 is 11.6 Å². The maximum atomic E-state index is 13.5. The molecule has 19 heavy (non-hydrogen) atoms. The Hall–Kier alpha value is -1.63. The van der Waals surface area contributed by atoms with E-state index in [2.05, 4.69) is 15.7 Å². The maximum absolute atomic E-state index is 13.5. The van der Waals surface area contributed by atoms with Crippen molar-refractivity contribution in [2.75, 3.05) is 10.7 Å². The summed E-state index contributed by atoms with van der Waals surface area (Å²) in [6.07, 6.45) is 0. The number of pyridine rings is 1. The summed E-state index contributed by atoms with van der Waals surface area (Å²) in [5, 5.41) is 2.75. The summed E-state index contributed by atoms with van der Waals surface area (Å²) < 4.78 is 27.0. The van der Waals surface area contributed by atoms with Gasteiger partial charge in [-0.3, -0.25) is 0 Å². The zero-order valence-corrected chi connectivity index (χ0v) is 10.9. The molecular formula is C11H8Cl2F2N4. The number of halogens is 4. The molecule has 2 aromatic rings. The van der Waals surface area contributed by atoms with Gasteiger partial charge in [0.05, 0.1) is 10.0 Å². The lowest BCUT2D eigenvalue weighted by Crippen LogP contribution is -2.10. The van der Waals surface area contributed by atoms with E-state index in [1.54, 1.807) is 0 Å². The fourth-order valence-electron chi connectivity index (χ4n) is 1.39. The molecule has 0 radical (unpaired) electrons. The second-order valence-electron chi connectivity index (χ2n) is 3.52. The van der Waals surface area contributed by atoms with Crippen molar-refractivity contribution in [1.29, 1.82) is 0 Å². The van der Waals surface area contributed by atoms with Crippen LogP contribution in [0.2, 0.25) is 10.0 Å². The Balaban J connectivity index is 2.44. The van der Waals surface area contributed by atoms with Gasteiger partial charge in [0, 0.05) is 0 Å². The van der Waals surface area contributed by atoms with Crippen LogP contribution in [0.25, 0.3) is 0 Å². The van der Waals surface area contributed by atoms with Crippen LogP contribution in [-0.2, 0) is 0 Å². The minimum absolute atomic E-state index is 0.0306. The van der Waals surface area contributed by atoms with Crippen molar-refractivity contribution in [2.24, 2.45) is 5.84 Å². The van der Waals surface area contributed by atoms with E-state index >= 15 is 0 Å². The van der Waals surface area contributed by atoms with E-state index in [0.29, 0.717) is 0 Å². The van der Waals surface area contributed by atoms with Gasteiger partial charge in [-0.2, -0.15) is 0 Å². The topological polar surface area (TPSA) is 63.0 Å². The normalized spacial score (nSPS) is 10.4. The van der Waals surface area contributed by atoms with Crippen LogP contribution >= 0.6 is 23.2 Å². The summed E-state index contributed by atoms with van der Waals surface area (Å²) in [6.45, 7) is 0. The summed E-state index contributed by atoms with van der Waals surface area (Å²) in [6, 6.07) is 4.82. The van der Waals surface area contributed by atoms with Crippen molar-refractivity contribution >= 4 is 40.5 Å². The lowest BCUT2D eigenvalue weighted by atomic mass is 10.3. The molecule has 0 fully saturated rings. The second kappa shape index (κ2) is 5.56. The third-order valence-corrected chi connectivity index (χ3v) is 2.85. The summed E-state index contributed by atoms with van der Waals surface area (Å²) in [4.78, 5) is 3.92. The predicted molar refractivity (Wildman–Crippen MR) is 71.7 cm³/mol. The number of nitrogen functional groups attached to an aromatic ring is 1. The number of benzene rings is 1. The molecule has 0 atom stereocenters. The van der Waals surface area contributed by atoms with Crippen LogP contribution in [0.3, 0.4) is 0 Å². The van der Waals surface area contributed by atoms with Gasteiger partial charge in [-0.05, 0) is 18.2 Å². The van der Waals surface area contributed by atoms with Crippen LogP contribution in [-0.4, -0.2) is 4.98 Å². The Kier molecular flexibility index (Phi) is 4.04. The fourth-order valence-corrected chi connectivity index (χ4v) is 1.85. The number of aromatic nitrogens is 1. The monoisotopic (exact) mass is 304 g/mol. The van der Waals surface area contributed by atoms with Crippen molar-refractivity contribution in [2.45, 2.75) is 0 Å². The SMILES string of the molecule is NNc1nc(Nc2c(F)cccc2F)c(Cl)cc1Cl. The van der Waals surface area contributed by atoms with E-state index in [1.165, 1.54) is 12.1 Å². The molecule has 1 aromatic heterocycles. The number of anilines is 3. The summed E-state index contributed by atoms with van der Waals surface area (Å²) in [7, 11) is 0. The van der Waals surface area contributed by atoms with Crippen LogP contribution in [0, 0.1) is 11.6 Å². The number of hydrogen-bond donors (Lipinski definition) is 3. The summed E-state index contributed by atoms with van der Waals surface area (Å²) in [5.41, 5.74) is 1.89. The zero-order chi connectivity index (χ0) is 14.0. The Morgan fingerprint density at radius 3 is 2.21 bits per heavy atom. The number of para-hydroxylation sites is 1. The van der Waals surface area contributed by atoms with Gasteiger partial charge in [0.25, 0.3) is 0 Å². The van der Waals surface area contributed by atoms with Crippen LogP contribution < -0.4 is 16.6 Å². The molecule has 0 spiro atoms. The van der Waals surface area contributed by atoms with Gasteiger partial charge < -0.3 is 10.7 Å². The third-order valence-electron chi connectivity index (χ3n) is 2.27. The Morgan fingerprint density at radius 1 is 1.05 bits per heavy atom. The number of rotatable bonds is 3. The molecule has 0 aliphatic heterocycles. The van der Waals surface area contributed by atoms with Crippen molar-refractivity contribution in [3.05, 3.63) is 45.9 Å². The first-order chi connectivity index (χ1) is 9.02. The van der Waals surface area contributed by atoms with Gasteiger partial charge in [0.1, 0.15) is 17.3 Å². The average Bonchev–Trinajstić information content (AvgIpc) is 2.36. The molecule has 100 valence electrons. The van der Waals surface area contributed by atoms with Gasteiger partial charge in [0.2, 0.25) is 0 Å². The Labute approximate surface area is 117 Å². The first kappa shape index (κ1) is 13.8. The van der Waals surface area contributed by atoms with Crippen molar-refractivity contribution in [3.8, 4) is 0 Å². The predicted octanol–water partition coefficient (Wildman–Crippen LogP) is 3.70. The van der Waals surface area contributed by atoms with E-state index in [4.69, 9.17) is 29.0 Å². The minimum atomic E-state index is -0.768. The lowest BCUT2D eigenvalue weighted by molar-refractivity contribution is 0.590. The average molecular weight is 305 g/mol. The van der Waals surface area contributed by atoms with Gasteiger partial charge in [-0.25, -0.2) is 19.6 Å². The van der Waals surface area contributed by atoms with Crippen LogP contribution in [0.5, 0.6) is 0 Å². The van der Waals surface area contributed by atoms with Gasteiger partial charge >= 0.3 is 0 Å². The standard InChI is InChI=1S/C11H8Cl2F2N4/c12-5-4-6(13)11(19-16)18-10(5)17-9-7(14)2-1-3-8(9)15/h1-4H,16H2,(H2,17,18,19). The molecule has 1 aromatic carbocycles. The molecule has 0 saturated carbocycles. The molecule has 0 aliphatic carbocycles. The first-order valence-electron chi connectivity index (χ1n) is 5.06. The van der Waals surface area contributed by atoms with E-state index in [9.17, 15) is 8.78 Å². The molecule has 0 aliphatic rings. The van der Waals surface area contributed by atoms with Crippen molar-refractivity contribution < 1.29 is 8.78 Å². The molecule has 1 heterocycles. The van der Waals surface area contributed by atoms with E-state index in [1.807, 2.05) is 0 Å².